The van der Waals surface area contributed by atoms with Crippen molar-refractivity contribution in [2.45, 2.75) is 13.8 Å². The average Bonchev–Trinajstić information content (AvgIpc) is 3.35. The Morgan fingerprint density at radius 3 is 2.76 bits per heavy atom. The molecule has 1 aromatic carbocycles. The maximum Gasteiger partial charge on any atom is 0.160 e. The molecular weight excluding hydrogens is 462 g/mol. The van der Waals surface area contributed by atoms with Crippen LogP contribution in [0, 0.1) is 18.3 Å². The number of aromatic nitrogens is 5. The van der Waals surface area contributed by atoms with Crippen LogP contribution in [0.25, 0.3) is 28.2 Å². The van der Waals surface area contributed by atoms with Gasteiger partial charge in [0.05, 0.1) is 29.2 Å². The number of benzene rings is 1. The Balaban J connectivity index is 1.42. The predicted molar refractivity (Wildman–Crippen MR) is 147 cm³/mol. The zero-order chi connectivity index (χ0) is 25.8. The first-order valence-electron chi connectivity index (χ1n) is 11.5. The van der Waals surface area contributed by atoms with Crippen LogP contribution in [0.4, 0.5) is 22.9 Å². The van der Waals surface area contributed by atoms with Crippen LogP contribution in [0.3, 0.4) is 0 Å². The van der Waals surface area contributed by atoms with Gasteiger partial charge in [0.15, 0.2) is 5.65 Å². The number of nitrogens with one attached hydrogen (secondary N) is 3. The Hall–Kier alpha value is -5.36. The zero-order valence-corrected chi connectivity index (χ0v) is 20.3. The van der Waals surface area contributed by atoms with Crippen molar-refractivity contribution in [1.29, 1.82) is 5.26 Å². The van der Waals surface area contributed by atoms with E-state index in [1.54, 1.807) is 36.8 Å². The van der Waals surface area contributed by atoms with Gasteiger partial charge in [0.2, 0.25) is 0 Å². The quantitative estimate of drug-likeness (QED) is 0.236. The fraction of sp³-hybridized carbons (Fsp3) is 0.0714. The molecule has 4 heterocycles. The molecule has 37 heavy (non-hydrogen) atoms. The molecule has 0 aliphatic heterocycles. The Morgan fingerprint density at radius 1 is 1.08 bits per heavy atom. The Bertz CT molecular complexity index is 1690. The fourth-order valence-electron chi connectivity index (χ4n) is 3.92. The smallest absolute Gasteiger partial charge is 0.160 e. The van der Waals surface area contributed by atoms with Crippen LogP contribution >= 0.6 is 0 Å². The number of nitrogens with zero attached hydrogens (tertiary/aromatic N) is 6. The van der Waals surface area contributed by atoms with E-state index >= 15 is 0 Å². The average molecular weight is 486 g/mol. The molecule has 180 valence electrons. The highest BCUT2D eigenvalue weighted by molar-refractivity contribution is 5.84. The minimum absolute atomic E-state index is 0.540. The highest BCUT2D eigenvalue weighted by atomic mass is 15.1. The monoisotopic (exact) mass is 485 g/mol. The van der Waals surface area contributed by atoms with E-state index in [-0.39, 0.29) is 0 Å². The molecule has 0 bridgehead atoms. The van der Waals surface area contributed by atoms with Gasteiger partial charge in [-0.15, -0.1) is 0 Å². The van der Waals surface area contributed by atoms with Crippen molar-refractivity contribution < 1.29 is 0 Å². The number of hydrogen-bond acceptors (Lipinski definition) is 8. The van der Waals surface area contributed by atoms with Gasteiger partial charge in [-0.25, -0.2) is 9.97 Å². The lowest BCUT2D eigenvalue weighted by molar-refractivity contribution is 1.20. The molecule has 3 N–H and O–H groups in total. The maximum absolute atomic E-state index is 9.33. The molecule has 0 spiro atoms. The number of fused-ring (bicyclic) bond motifs is 1. The molecule has 0 atom stereocenters. The maximum atomic E-state index is 9.33. The molecule has 5 aromatic rings. The van der Waals surface area contributed by atoms with Crippen LogP contribution in [0.1, 0.15) is 23.7 Å². The zero-order valence-electron chi connectivity index (χ0n) is 20.3. The van der Waals surface area contributed by atoms with E-state index in [0.29, 0.717) is 28.5 Å². The molecule has 9 nitrogen and oxygen atoms in total. The summed E-state index contributed by atoms with van der Waals surface area (Å²) >= 11 is 0. The second-order valence-corrected chi connectivity index (χ2v) is 8.25. The van der Waals surface area contributed by atoms with Gasteiger partial charge in [-0.3, -0.25) is 15.0 Å². The first-order chi connectivity index (χ1) is 18.1. The number of aliphatic imine (C=N–C) groups is 1. The molecule has 5 rings (SSSR count). The lowest BCUT2D eigenvalue weighted by Crippen LogP contribution is -2.00. The number of imidazole rings is 1. The SMILES string of the molecule is C=Nc1ccc(C#N)cc1/C(=C\C)Nc1cncc(-c2nc3ccc(Nc4ccnc(C)c4)nc3[nH]2)c1. The summed E-state index contributed by atoms with van der Waals surface area (Å²) in [6.45, 7) is 7.51. The Labute approximate surface area is 213 Å². The number of aromatic amines is 1. The van der Waals surface area contributed by atoms with Crippen molar-refractivity contribution in [3.8, 4) is 17.5 Å². The second kappa shape index (κ2) is 10.1. The first kappa shape index (κ1) is 23.4. The molecule has 0 aliphatic carbocycles. The first-order valence-corrected chi connectivity index (χ1v) is 11.5. The van der Waals surface area contributed by atoms with E-state index in [2.05, 4.69) is 48.3 Å². The minimum atomic E-state index is 0.540. The van der Waals surface area contributed by atoms with Gasteiger partial charge in [0.25, 0.3) is 0 Å². The van der Waals surface area contributed by atoms with Crippen molar-refractivity contribution in [2.24, 2.45) is 4.99 Å². The number of aryl methyl sites for hydroxylation is 1. The van der Waals surface area contributed by atoms with Gasteiger partial charge in [-0.2, -0.15) is 5.26 Å². The van der Waals surface area contributed by atoms with Crippen molar-refractivity contribution >= 4 is 46.5 Å². The summed E-state index contributed by atoms with van der Waals surface area (Å²) in [5, 5.41) is 16.0. The largest absolute Gasteiger partial charge is 0.354 e. The molecule has 0 unspecified atom stereocenters. The van der Waals surface area contributed by atoms with E-state index in [1.165, 1.54) is 0 Å². The van der Waals surface area contributed by atoms with Crippen LogP contribution in [0.15, 0.2) is 78.2 Å². The van der Waals surface area contributed by atoms with Crippen molar-refractivity contribution in [1.82, 2.24) is 24.9 Å². The molecule has 9 heteroatoms. The number of hydrogen-bond donors (Lipinski definition) is 3. The van der Waals surface area contributed by atoms with E-state index < -0.39 is 0 Å². The highest BCUT2D eigenvalue weighted by Crippen LogP contribution is 2.30. The highest BCUT2D eigenvalue weighted by Gasteiger charge is 2.12. The van der Waals surface area contributed by atoms with Gasteiger partial charge in [-0.1, -0.05) is 6.08 Å². The number of rotatable bonds is 7. The lowest BCUT2D eigenvalue weighted by atomic mass is 10.1. The van der Waals surface area contributed by atoms with Gasteiger partial charge < -0.3 is 15.6 Å². The number of nitriles is 1. The minimum Gasteiger partial charge on any atom is -0.354 e. The van der Waals surface area contributed by atoms with E-state index in [1.807, 2.05) is 50.3 Å². The van der Waals surface area contributed by atoms with E-state index in [9.17, 15) is 5.26 Å². The topological polar surface area (TPSA) is 128 Å². The van der Waals surface area contributed by atoms with Gasteiger partial charge in [-0.05, 0) is 69.1 Å². The molecule has 0 aliphatic rings. The normalized spacial score (nSPS) is 11.2. The summed E-state index contributed by atoms with van der Waals surface area (Å²) in [7, 11) is 0. The summed E-state index contributed by atoms with van der Waals surface area (Å²) in [6, 6.07) is 17.1. The third-order valence-corrected chi connectivity index (χ3v) is 5.68. The molecule has 0 saturated carbocycles. The van der Waals surface area contributed by atoms with Gasteiger partial charge in [0, 0.05) is 40.6 Å². The van der Waals surface area contributed by atoms with E-state index in [0.717, 1.165) is 39.4 Å². The fourth-order valence-corrected chi connectivity index (χ4v) is 3.92. The van der Waals surface area contributed by atoms with Gasteiger partial charge in [0.1, 0.15) is 17.2 Å². The predicted octanol–water partition coefficient (Wildman–Crippen LogP) is 6.14. The van der Waals surface area contributed by atoms with Gasteiger partial charge >= 0.3 is 0 Å². The van der Waals surface area contributed by atoms with Crippen LogP contribution in [0.5, 0.6) is 0 Å². The van der Waals surface area contributed by atoms with Crippen molar-refractivity contribution in [3.05, 3.63) is 90.0 Å². The van der Waals surface area contributed by atoms with Crippen LogP contribution < -0.4 is 10.6 Å². The summed E-state index contributed by atoms with van der Waals surface area (Å²) in [5.74, 6) is 1.35. The third-order valence-electron chi connectivity index (χ3n) is 5.68. The second-order valence-electron chi connectivity index (χ2n) is 8.25. The summed E-state index contributed by atoms with van der Waals surface area (Å²) < 4.78 is 0. The van der Waals surface area contributed by atoms with Crippen LogP contribution in [-0.2, 0) is 0 Å². The summed E-state index contributed by atoms with van der Waals surface area (Å²) in [4.78, 5) is 25.4. The summed E-state index contributed by atoms with van der Waals surface area (Å²) in [6.07, 6.45) is 7.14. The molecular formula is C28H23N9. The molecule has 0 fully saturated rings. The summed E-state index contributed by atoms with van der Waals surface area (Å²) in [5.41, 5.74) is 7.57. The van der Waals surface area contributed by atoms with Crippen molar-refractivity contribution in [3.63, 3.8) is 0 Å². The third kappa shape index (κ3) is 5.04. The standard InChI is InChI=1S/C28H23N9/c1-4-23(22-12-18(14-29)5-6-24(22)30-3)33-21-13-19(15-31-16-21)27-35-25-7-8-26(36-28(25)37-27)34-20-9-10-32-17(2)11-20/h4-13,15-16,33H,3H2,1-2H3,(H2,32,34,35,36,37)/b23-4+. The number of pyridine rings is 3. The Morgan fingerprint density at radius 2 is 1.97 bits per heavy atom. The number of anilines is 3. The van der Waals surface area contributed by atoms with Crippen molar-refractivity contribution in [2.75, 3.05) is 10.6 Å². The van der Waals surface area contributed by atoms with Crippen LogP contribution in [0.2, 0.25) is 0 Å². The molecule has 0 saturated heterocycles. The van der Waals surface area contributed by atoms with Crippen LogP contribution in [-0.4, -0.2) is 31.6 Å². The van der Waals surface area contributed by atoms with E-state index in [4.69, 9.17) is 4.98 Å². The molecule has 4 aromatic heterocycles. The Kier molecular flexibility index (Phi) is 6.38. The lowest BCUT2D eigenvalue weighted by Gasteiger charge is -2.14. The number of H-pyrrole nitrogens is 1. The molecule has 0 amide bonds. The number of allylic oxidation sites excluding steroid dienone is 1. The molecule has 0 radical (unpaired) electrons.